The van der Waals surface area contributed by atoms with Crippen LogP contribution in [0.3, 0.4) is 0 Å². The van der Waals surface area contributed by atoms with E-state index in [0.717, 1.165) is 0 Å². The summed E-state index contributed by atoms with van der Waals surface area (Å²) in [7, 11) is 0. The predicted molar refractivity (Wildman–Crippen MR) is 72.7 cm³/mol. The molecule has 0 aliphatic rings. The molecule has 19 heavy (non-hydrogen) atoms. The van der Waals surface area contributed by atoms with E-state index < -0.39 is 5.91 Å². The molecule has 3 N–H and O–H groups in total. The van der Waals surface area contributed by atoms with Gasteiger partial charge in [0.2, 0.25) is 0 Å². The van der Waals surface area contributed by atoms with Gasteiger partial charge >= 0.3 is 0 Å². The maximum Gasteiger partial charge on any atom is 0.276 e. The lowest BCUT2D eigenvalue weighted by Gasteiger charge is -2.08. The molecular weight excluding hydrogens is 269 g/mol. The smallest absolute Gasteiger partial charge is 0.276 e. The van der Waals surface area contributed by atoms with Crippen LogP contribution in [0.4, 0.5) is 15.8 Å². The number of nitrogen functional groups attached to an aromatic ring is 1. The Labute approximate surface area is 114 Å². The van der Waals surface area contributed by atoms with Crippen LogP contribution in [-0.4, -0.2) is 10.9 Å². The highest BCUT2D eigenvalue weighted by molar-refractivity contribution is 6.30. The van der Waals surface area contributed by atoms with E-state index >= 15 is 0 Å². The summed E-state index contributed by atoms with van der Waals surface area (Å²) in [5.74, 6) is -0.803. The molecule has 0 spiro atoms. The Morgan fingerprint density at radius 2 is 2.16 bits per heavy atom. The van der Waals surface area contributed by atoms with Gasteiger partial charge < -0.3 is 11.1 Å². The number of carbonyl (C=O) groups excluding carboxylic acids is 1. The summed E-state index contributed by atoms with van der Waals surface area (Å²) in [5, 5.41) is 2.95. The van der Waals surface area contributed by atoms with Crippen LogP contribution in [0.25, 0.3) is 0 Å². The van der Waals surface area contributed by atoms with Crippen molar-refractivity contribution in [1.29, 1.82) is 0 Å². The van der Waals surface area contributed by atoms with Crippen molar-refractivity contribution in [2.24, 2.45) is 0 Å². The molecule has 0 saturated heterocycles. The van der Waals surface area contributed by atoms with E-state index in [2.05, 4.69) is 10.3 Å². The van der Waals surface area contributed by atoms with Gasteiger partial charge in [-0.25, -0.2) is 9.37 Å². The van der Waals surface area contributed by atoms with Gasteiger partial charge in [-0.3, -0.25) is 4.79 Å². The first-order valence-corrected chi connectivity index (χ1v) is 5.83. The molecule has 1 aromatic heterocycles. The summed E-state index contributed by atoms with van der Waals surface area (Å²) in [6, 6.07) is 5.72. The van der Waals surface area contributed by atoms with Gasteiger partial charge in [-0.2, -0.15) is 0 Å². The minimum absolute atomic E-state index is 0.0754. The molecule has 0 aliphatic heterocycles. The quantitative estimate of drug-likeness (QED) is 0.888. The standard InChI is InChI=1S/C13H11ClFN3O/c1-7-4-9(2-3-10(7)15)18-13(19)12-11(16)5-8(14)6-17-12/h2-6H,16H2,1H3,(H,18,19). The predicted octanol–water partition coefficient (Wildman–Crippen LogP) is 3.02. The van der Waals surface area contributed by atoms with Crippen LogP contribution < -0.4 is 11.1 Å². The second-order valence-electron chi connectivity index (χ2n) is 4.01. The number of benzene rings is 1. The second kappa shape index (κ2) is 5.24. The lowest BCUT2D eigenvalue weighted by molar-refractivity contribution is 0.102. The molecule has 0 saturated carbocycles. The number of hydrogen-bond acceptors (Lipinski definition) is 3. The molecule has 0 unspecified atom stereocenters. The Hall–Kier alpha value is -2.14. The van der Waals surface area contributed by atoms with Crippen LogP contribution in [0.1, 0.15) is 16.1 Å². The van der Waals surface area contributed by atoms with Crippen LogP contribution in [0.15, 0.2) is 30.5 Å². The zero-order valence-corrected chi connectivity index (χ0v) is 10.8. The van der Waals surface area contributed by atoms with E-state index in [1.807, 2.05) is 0 Å². The fourth-order valence-electron chi connectivity index (χ4n) is 1.56. The van der Waals surface area contributed by atoms with Gasteiger partial charge in [0.05, 0.1) is 10.7 Å². The molecule has 0 radical (unpaired) electrons. The van der Waals surface area contributed by atoms with Crippen molar-refractivity contribution in [2.45, 2.75) is 6.92 Å². The maximum atomic E-state index is 13.1. The number of nitrogens with one attached hydrogen (secondary N) is 1. The third kappa shape index (κ3) is 3.00. The number of anilines is 2. The maximum absolute atomic E-state index is 13.1. The van der Waals surface area contributed by atoms with Crippen molar-refractivity contribution in [3.63, 3.8) is 0 Å². The summed E-state index contributed by atoms with van der Waals surface area (Å²) in [6.45, 7) is 1.61. The van der Waals surface area contributed by atoms with E-state index in [1.54, 1.807) is 6.92 Å². The van der Waals surface area contributed by atoms with Gasteiger partial charge in [0.25, 0.3) is 5.91 Å². The number of aromatic nitrogens is 1. The number of aryl methyl sites for hydroxylation is 1. The molecule has 0 aliphatic carbocycles. The van der Waals surface area contributed by atoms with Gasteiger partial charge in [-0.15, -0.1) is 0 Å². The molecule has 0 atom stereocenters. The van der Waals surface area contributed by atoms with E-state index in [0.29, 0.717) is 16.3 Å². The summed E-state index contributed by atoms with van der Waals surface area (Å²) in [6.07, 6.45) is 1.34. The Bertz CT molecular complexity index is 646. The van der Waals surface area contributed by atoms with Crippen LogP contribution in [-0.2, 0) is 0 Å². The highest BCUT2D eigenvalue weighted by Crippen LogP contribution is 2.18. The largest absolute Gasteiger partial charge is 0.397 e. The van der Waals surface area contributed by atoms with E-state index in [9.17, 15) is 9.18 Å². The van der Waals surface area contributed by atoms with Gasteiger partial charge in [0.15, 0.2) is 5.69 Å². The van der Waals surface area contributed by atoms with Crippen molar-refractivity contribution in [1.82, 2.24) is 4.98 Å². The normalized spacial score (nSPS) is 10.3. The molecule has 98 valence electrons. The Morgan fingerprint density at radius 1 is 1.42 bits per heavy atom. The van der Waals surface area contributed by atoms with E-state index in [1.165, 1.54) is 30.5 Å². The average molecular weight is 280 g/mol. The molecule has 0 bridgehead atoms. The summed E-state index contributed by atoms with van der Waals surface area (Å²) < 4.78 is 13.1. The van der Waals surface area contributed by atoms with Crippen LogP contribution in [0, 0.1) is 12.7 Å². The summed E-state index contributed by atoms with van der Waals surface area (Å²) in [5.41, 5.74) is 6.83. The van der Waals surface area contributed by atoms with Crippen LogP contribution in [0.5, 0.6) is 0 Å². The van der Waals surface area contributed by atoms with Crippen molar-refractivity contribution in [3.05, 3.63) is 52.6 Å². The number of pyridine rings is 1. The van der Waals surface area contributed by atoms with E-state index in [-0.39, 0.29) is 17.2 Å². The molecular formula is C13H11ClFN3O. The minimum atomic E-state index is -0.472. The average Bonchev–Trinajstić information content (AvgIpc) is 2.33. The minimum Gasteiger partial charge on any atom is -0.397 e. The summed E-state index contributed by atoms with van der Waals surface area (Å²) >= 11 is 5.70. The zero-order chi connectivity index (χ0) is 14.0. The fourth-order valence-corrected chi connectivity index (χ4v) is 1.72. The number of halogens is 2. The number of rotatable bonds is 2. The number of nitrogens with two attached hydrogens (primary N) is 1. The van der Waals surface area contributed by atoms with Gasteiger partial charge in [-0.05, 0) is 36.8 Å². The Morgan fingerprint density at radius 3 is 2.79 bits per heavy atom. The van der Waals surface area contributed by atoms with Gasteiger partial charge in [0, 0.05) is 11.9 Å². The second-order valence-corrected chi connectivity index (χ2v) is 4.45. The van der Waals surface area contributed by atoms with Crippen molar-refractivity contribution >= 4 is 28.9 Å². The molecule has 4 nitrogen and oxygen atoms in total. The number of nitrogens with zero attached hydrogens (tertiary/aromatic N) is 1. The molecule has 1 aromatic carbocycles. The van der Waals surface area contributed by atoms with Gasteiger partial charge in [-0.1, -0.05) is 11.6 Å². The highest BCUT2D eigenvalue weighted by Gasteiger charge is 2.12. The molecule has 0 fully saturated rings. The van der Waals surface area contributed by atoms with Crippen molar-refractivity contribution in [3.8, 4) is 0 Å². The number of amides is 1. The van der Waals surface area contributed by atoms with Crippen molar-refractivity contribution in [2.75, 3.05) is 11.1 Å². The molecule has 1 heterocycles. The lowest BCUT2D eigenvalue weighted by atomic mass is 10.2. The first-order chi connectivity index (χ1) is 8.97. The Kier molecular flexibility index (Phi) is 3.66. The van der Waals surface area contributed by atoms with Crippen LogP contribution in [0.2, 0.25) is 5.02 Å². The third-order valence-corrected chi connectivity index (χ3v) is 2.72. The monoisotopic (exact) mass is 279 g/mol. The Balaban J connectivity index is 2.23. The molecule has 1 amide bonds. The van der Waals surface area contributed by atoms with Crippen molar-refractivity contribution < 1.29 is 9.18 Å². The lowest BCUT2D eigenvalue weighted by Crippen LogP contribution is -2.16. The van der Waals surface area contributed by atoms with Crippen LogP contribution >= 0.6 is 11.6 Å². The third-order valence-electron chi connectivity index (χ3n) is 2.51. The first-order valence-electron chi connectivity index (χ1n) is 5.46. The first kappa shape index (κ1) is 13.3. The zero-order valence-electron chi connectivity index (χ0n) is 10.1. The fraction of sp³-hybridized carbons (Fsp3) is 0.0769. The SMILES string of the molecule is Cc1cc(NC(=O)c2ncc(Cl)cc2N)ccc1F. The number of carbonyl (C=O) groups is 1. The molecule has 2 rings (SSSR count). The molecule has 6 heteroatoms. The van der Waals surface area contributed by atoms with Gasteiger partial charge in [0.1, 0.15) is 5.82 Å². The summed E-state index contributed by atoms with van der Waals surface area (Å²) in [4.78, 5) is 15.8. The highest BCUT2D eigenvalue weighted by atomic mass is 35.5. The number of hydrogen-bond donors (Lipinski definition) is 2. The van der Waals surface area contributed by atoms with E-state index in [4.69, 9.17) is 17.3 Å². The topological polar surface area (TPSA) is 68.0 Å². The molecule has 2 aromatic rings.